The molecule has 2 N–H and O–H groups in total. The third-order valence-corrected chi connectivity index (χ3v) is 4.51. The highest BCUT2D eigenvalue weighted by Crippen LogP contribution is 2.19. The number of aliphatic hydroxyl groups is 1. The van der Waals surface area contributed by atoms with E-state index < -0.39 is 0 Å². The van der Waals surface area contributed by atoms with Crippen molar-refractivity contribution >= 4 is 21.8 Å². The van der Waals surface area contributed by atoms with Gasteiger partial charge < -0.3 is 10.4 Å². The van der Waals surface area contributed by atoms with Gasteiger partial charge in [-0.15, -0.1) is 0 Å². The van der Waals surface area contributed by atoms with E-state index in [0.29, 0.717) is 6.42 Å². The first kappa shape index (κ1) is 15.3. The third kappa shape index (κ3) is 4.18. The summed E-state index contributed by atoms with van der Waals surface area (Å²) >= 11 is 3.47. The van der Waals surface area contributed by atoms with E-state index in [0.717, 1.165) is 17.3 Å². The van der Waals surface area contributed by atoms with Crippen molar-refractivity contribution in [3.05, 3.63) is 46.0 Å². The fraction of sp³-hybridized carbons (Fsp3) is 0.438. The van der Waals surface area contributed by atoms with Crippen molar-refractivity contribution in [1.29, 1.82) is 0 Å². The van der Waals surface area contributed by atoms with Crippen LogP contribution in [-0.2, 0) is 11.2 Å². The number of rotatable bonds is 5. The van der Waals surface area contributed by atoms with E-state index >= 15 is 0 Å². The maximum absolute atomic E-state index is 11.9. The smallest absolute Gasteiger partial charge is 0.220 e. The summed E-state index contributed by atoms with van der Waals surface area (Å²) in [5, 5.41) is 12.0. The van der Waals surface area contributed by atoms with Gasteiger partial charge in [0, 0.05) is 29.5 Å². The zero-order valence-corrected chi connectivity index (χ0v) is 13.2. The molecule has 1 aliphatic carbocycles. The van der Waals surface area contributed by atoms with Crippen LogP contribution in [0.25, 0.3) is 0 Å². The van der Waals surface area contributed by atoms with E-state index in [4.69, 9.17) is 5.11 Å². The molecule has 2 rings (SSSR count). The summed E-state index contributed by atoms with van der Waals surface area (Å²) in [6.45, 7) is 2.20. The molecule has 0 radical (unpaired) electrons. The summed E-state index contributed by atoms with van der Waals surface area (Å²) in [5.74, 6) is 0.258. The van der Waals surface area contributed by atoms with Gasteiger partial charge in [0.15, 0.2) is 0 Å². The van der Waals surface area contributed by atoms with Crippen LogP contribution >= 0.6 is 15.9 Å². The van der Waals surface area contributed by atoms with Crippen LogP contribution in [0.3, 0.4) is 0 Å². The number of benzene rings is 1. The maximum Gasteiger partial charge on any atom is 0.220 e. The Morgan fingerprint density at radius 2 is 2.25 bits per heavy atom. The molecule has 1 amide bonds. The fourth-order valence-corrected chi connectivity index (χ4v) is 2.66. The summed E-state index contributed by atoms with van der Waals surface area (Å²) < 4.78 is 1.09. The molecular weight excluding hydrogens is 318 g/mol. The predicted molar refractivity (Wildman–Crippen MR) is 83.5 cm³/mol. The molecule has 3 nitrogen and oxygen atoms in total. The minimum atomic E-state index is 0.0683. The molecular formula is C16H20BrNO2. The van der Waals surface area contributed by atoms with Crippen LogP contribution in [0.15, 0.2) is 34.8 Å². The lowest BCUT2D eigenvalue weighted by atomic mass is 10.1. The molecule has 0 fully saturated rings. The van der Waals surface area contributed by atoms with Gasteiger partial charge in [0.1, 0.15) is 0 Å². The first-order valence-electron chi connectivity index (χ1n) is 6.92. The van der Waals surface area contributed by atoms with Crippen molar-refractivity contribution in [2.24, 2.45) is 5.92 Å². The van der Waals surface area contributed by atoms with Crippen LogP contribution in [-0.4, -0.2) is 23.7 Å². The number of amides is 1. The standard InChI is InChI=1S/C16H20BrNO2/c1-11-8-12(3-6-15(11)17)4-7-16(20)18-14-5-2-13(9-14)10-19/h2-3,5-6,8,13-14,19H,4,7,9-10H2,1H3,(H,18,20)/t13-,14+/m0/s1. The van der Waals surface area contributed by atoms with Crippen molar-refractivity contribution in [2.45, 2.75) is 32.2 Å². The fourth-order valence-electron chi connectivity index (χ4n) is 2.42. The number of carbonyl (C=O) groups is 1. The Balaban J connectivity index is 1.78. The van der Waals surface area contributed by atoms with Crippen molar-refractivity contribution in [1.82, 2.24) is 5.32 Å². The van der Waals surface area contributed by atoms with Gasteiger partial charge >= 0.3 is 0 Å². The lowest BCUT2D eigenvalue weighted by Gasteiger charge is -2.12. The molecule has 0 unspecified atom stereocenters. The third-order valence-electron chi connectivity index (χ3n) is 3.62. The van der Waals surface area contributed by atoms with E-state index in [9.17, 15) is 4.79 Å². The molecule has 20 heavy (non-hydrogen) atoms. The molecule has 0 heterocycles. The average Bonchev–Trinajstić information content (AvgIpc) is 2.88. The lowest BCUT2D eigenvalue weighted by Crippen LogP contribution is -2.33. The number of hydrogen-bond donors (Lipinski definition) is 2. The molecule has 1 aromatic rings. The highest BCUT2D eigenvalue weighted by molar-refractivity contribution is 9.10. The second-order valence-electron chi connectivity index (χ2n) is 5.32. The van der Waals surface area contributed by atoms with Crippen LogP contribution in [0.4, 0.5) is 0 Å². The summed E-state index contributed by atoms with van der Waals surface area (Å²) in [6, 6.07) is 6.25. The Morgan fingerprint density at radius 1 is 1.45 bits per heavy atom. The molecule has 108 valence electrons. The summed E-state index contributed by atoms with van der Waals surface area (Å²) in [7, 11) is 0. The monoisotopic (exact) mass is 337 g/mol. The number of nitrogens with one attached hydrogen (secondary N) is 1. The Morgan fingerprint density at radius 3 is 2.90 bits per heavy atom. The van der Waals surface area contributed by atoms with E-state index in [2.05, 4.69) is 27.3 Å². The highest BCUT2D eigenvalue weighted by Gasteiger charge is 2.19. The molecule has 4 heteroatoms. The van der Waals surface area contributed by atoms with Crippen molar-refractivity contribution in [2.75, 3.05) is 6.61 Å². The zero-order chi connectivity index (χ0) is 14.5. The van der Waals surface area contributed by atoms with Crippen LogP contribution in [0.2, 0.25) is 0 Å². The van der Waals surface area contributed by atoms with E-state index in [-0.39, 0.29) is 24.5 Å². The molecule has 0 aliphatic heterocycles. The highest BCUT2D eigenvalue weighted by atomic mass is 79.9. The minimum absolute atomic E-state index is 0.0683. The second kappa shape index (κ2) is 7.04. The van der Waals surface area contributed by atoms with Crippen molar-refractivity contribution in [3.8, 4) is 0 Å². The summed E-state index contributed by atoms with van der Waals surface area (Å²) in [5.41, 5.74) is 2.36. The van der Waals surface area contributed by atoms with Gasteiger partial charge in [0.2, 0.25) is 5.91 Å². The molecule has 0 bridgehead atoms. The largest absolute Gasteiger partial charge is 0.396 e. The van der Waals surface area contributed by atoms with Gasteiger partial charge in [-0.1, -0.05) is 40.2 Å². The first-order chi connectivity index (χ1) is 9.58. The molecule has 0 saturated carbocycles. The van der Waals surface area contributed by atoms with Gasteiger partial charge in [0.25, 0.3) is 0 Å². The van der Waals surface area contributed by atoms with Gasteiger partial charge in [0.05, 0.1) is 0 Å². The Kier molecular flexibility index (Phi) is 5.38. The summed E-state index contributed by atoms with van der Waals surface area (Å²) in [4.78, 5) is 11.9. The predicted octanol–water partition coefficient (Wildman–Crippen LogP) is 2.74. The number of halogens is 1. The maximum atomic E-state index is 11.9. The quantitative estimate of drug-likeness (QED) is 0.811. The van der Waals surface area contributed by atoms with Crippen LogP contribution in [0, 0.1) is 12.8 Å². The zero-order valence-electron chi connectivity index (χ0n) is 11.6. The van der Waals surface area contributed by atoms with E-state index in [1.54, 1.807) is 0 Å². The normalized spacial score (nSPS) is 21.1. The first-order valence-corrected chi connectivity index (χ1v) is 7.71. The molecule has 1 aromatic carbocycles. The van der Waals surface area contributed by atoms with Crippen LogP contribution in [0.1, 0.15) is 24.0 Å². The van der Waals surface area contributed by atoms with Gasteiger partial charge in [-0.05, 0) is 37.0 Å². The Hall–Kier alpha value is -1.13. The van der Waals surface area contributed by atoms with Crippen molar-refractivity contribution in [3.63, 3.8) is 0 Å². The van der Waals surface area contributed by atoms with Gasteiger partial charge in [-0.2, -0.15) is 0 Å². The number of hydrogen-bond acceptors (Lipinski definition) is 2. The van der Waals surface area contributed by atoms with E-state index in [1.807, 2.05) is 31.2 Å². The summed E-state index contributed by atoms with van der Waals surface area (Å²) in [6.07, 6.45) is 6.00. The number of carbonyl (C=O) groups excluding carboxylic acids is 1. The molecule has 0 saturated heterocycles. The molecule has 2 atom stereocenters. The van der Waals surface area contributed by atoms with E-state index in [1.165, 1.54) is 11.1 Å². The molecule has 0 aromatic heterocycles. The molecule has 0 spiro atoms. The Bertz CT molecular complexity index is 513. The average molecular weight is 338 g/mol. The minimum Gasteiger partial charge on any atom is -0.396 e. The van der Waals surface area contributed by atoms with Gasteiger partial charge in [-0.25, -0.2) is 0 Å². The SMILES string of the molecule is Cc1cc(CCC(=O)N[C@@H]2C=C[C@H](CO)C2)ccc1Br. The van der Waals surface area contributed by atoms with Crippen molar-refractivity contribution < 1.29 is 9.90 Å². The van der Waals surface area contributed by atoms with Crippen LogP contribution < -0.4 is 5.32 Å². The number of aliphatic hydroxyl groups excluding tert-OH is 1. The topological polar surface area (TPSA) is 49.3 Å². The Labute approximate surface area is 128 Å². The second-order valence-corrected chi connectivity index (χ2v) is 6.18. The van der Waals surface area contributed by atoms with Crippen LogP contribution in [0.5, 0.6) is 0 Å². The lowest BCUT2D eigenvalue weighted by molar-refractivity contribution is -0.121. The van der Waals surface area contributed by atoms with Gasteiger partial charge in [-0.3, -0.25) is 4.79 Å². The molecule has 1 aliphatic rings. The number of aryl methyl sites for hydroxylation is 2.